The second kappa shape index (κ2) is 10.2. The van der Waals surface area contributed by atoms with Crippen molar-refractivity contribution >= 4 is 23.3 Å². The minimum absolute atomic E-state index is 0.139. The van der Waals surface area contributed by atoms with E-state index in [1.807, 2.05) is 17.5 Å². The van der Waals surface area contributed by atoms with Crippen LogP contribution in [0.3, 0.4) is 0 Å². The first kappa shape index (κ1) is 21.8. The first-order chi connectivity index (χ1) is 13.9. The summed E-state index contributed by atoms with van der Waals surface area (Å²) in [7, 11) is 0. The number of nitrogens with one attached hydrogen (secondary N) is 2. The van der Waals surface area contributed by atoms with Gasteiger partial charge in [0.1, 0.15) is 6.54 Å². The van der Waals surface area contributed by atoms with Gasteiger partial charge < -0.3 is 5.32 Å². The van der Waals surface area contributed by atoms with Gasteiger partial charge in [0.2, 0.25) is 5.91 Å². The van der Waals surface area contributed by atoms with Crippen LogP contribution in [0, 0.1) is 0 Å². The lowest BCUT2D eigenvalue weighted by molar-refractivity contribution is -0.120. The molecule has 2 N–H and O–H groups in total. The standard InChI is InChI=1S/C18H21N5O5S/c1-3-9-21-16(26)22(10-4-2)18(28)23(17(21)27)12-14(24)20-15(25)19-8-7-13-6-5-11-29-13/h3-6,11H,1-2,7-10,12H2,(H2,19,20,24,25). The monoisotopic (exact) mass is 419 g/mol. The van der Waals surface area contributed by atoms with Crippen LogP contribution in [-0.4, -0.2) is 32.2 Å². The fourth-order valence-electron chi connectivity index (χ4n) is 2.50. The third kappa shape index (κ3) is 5.51. The first-order valence-electron chi connectivity index (χ1n) is 8.65. The Morgan fingerprint density at radius 2 is 1.59 bits per heavy atom. The summed E-state index contributed by atoms with van der Waals surface area (Å²) in [5.74, 6) is -0.869. The zero-order valence-corrected chi connectivity index (χ0v) is 16.4. The molecule has 0 aromatic carbocycles. The smallest absolute Gasteiger partial charge is 0.337 e. The number of nitrogens with zero attached hydrogens (tertiary/aromatic N) is 3. The van der Waals surface area contributed by atoms with Gasteiger partial charge in [-0.1, -0.05) is 18.2 Å². The lowest BCUT2D eigenvalue weighted by atomic mass is 10.3. The average molecular weight is 419 g/mol. The van der Waals surface area contributed by atoms with Crippen molar-refractivity contribution < 1.29 is 9.59 Å². The molecule has 0 aliphatic rings. The molecule has 0 spiro atoms. The van der Waals surface area contributed by atoms with Crippen molar-refractivity contribution in [2.45, 2.75) is 26.1 Å². The number of rotatable bonds is 9. The third-order valence-electron chi connectivity index (χ3n) is 3.80. The summed E-state index contributed by atoms with van der Waals surface area (Å²) in [4.78, 5) is 62.2. The molecule has 0 radical (unpaired) electrons. The molecule has 10 nitrogen and oxygen atoms in total. The molecular weight excluding hydrogens is 398 g/mol. The Labute approximate surface area is 169 Å². The molecule has 154 valence electrons. The van der Waals surface area contributed by atoms with E-state index in [2.05, 4.69) is 23.8 Å². The van der Waals surface area contributed by atoms with Gasteiger partial charge >= 0.3 is 23.1 Å². The topological polar surface area (TPSA) is 124 Å². The van der Waals surface area contributed by atoms with Crippen LogP contribution in [0.4, 0.5) is 4.79 Å². The van der Waals surface area contributed by atoms with Crippen molar-refractivity contribution in [3.8, 4) is 0 Å². The fraction of sp³-hybridized carbons (Fsp3) is 0.278. The summed E-state index contributed by atoms with van der Waals surface area (Å²) in [6.45, 7) is 6.25. The Balaban J connectivity index is 2.12. The van der Waals surface area contributed by atoms with E-state index in [9.17, 15) is 24.0 Å². The molecule has 0 aliphatic carbocycles. The molecule has 2 aromatic heterocycles. The Morgan fingerprint density at radius 3 is 2.10 bits per heavy atom. The Bertz CT molecular complexity index is 1030. The SMILES string of the molecule is C=CCn1c(=O)n(CC=C)c(=O)n(CC(=O)NC(=O)NCCc2cccs2)c1=O. The summed E-state index contributed by atoms with van der Waals surface area (Å²) in [5, 5.41) is 6.50. The van der Waals surface area contributed by atoms with Gasteiger partial charge in [0.15, 0.2) is 0 Å². The molecule has 2 aromatic rings. The molecule has 3 amide bonds. The molecule has 29 heavy (non-hydrogen) atoms. The summed E-state index contributed by atoms with van der Waals surface area (Å²) in [5.41, 5.74) is -2.76. The van der Waals surface area contributed by atoms with Crippen LogP contribution < -0.4 is 27.7 Å². The average Bonchev–Trinajstić information content (AvgIpc) is 3.19. The molecule has 0 atom stereocenters. The highest BCUT2D eigenvalue weighted by Crippen LogP contribution is 2.07. The summed E-state index contributed by atoms with van der Waals surface area (Å²) < 4.78 is 2.13. The number of hydrogen-bond acceptors (Lipinski definition) is 6. The third-order valence-corrected chi connectivity index (χ3v) is 4.74. The maximum absolute atomic E-state index is 12.4. The number of thiophene rings is 1. The number of amides is 3. The van der Waals surface area contributed by atoms with Gasteiger partial charge in [-0.2, -0.15) is 0 Å². The minimum Gasteiger partial charge on any atom is -0.337 e. The van der Waals surface area contributed by atoms with E-state index in [4.69, 9.17) is 0 Å². The molecule has 0 bridgehead atoms. The van der Waals surface area contributed by atoms with Crippen molar-refractivity contribution in [2.75, 3.05) is 6.54 Å². The van der Waals surface area contributed by atoms with Crippen LogP contribution in [0.2, 0.25) is 0 Å². The number of urea groups is 1. The Morgan fingerprint density at radius 1 is 1.00 bits per heavy atom. The van der Waals surface area contributed by atoms with E-state index in [-0.39, 0.29) is 13.1 Å². The molecule has 0 saturated carbocycles. The van der Waals surface area contributed by atoms with Crippen LogP contribution in [0.1, 0.15) is 4.88 Å². The number of aromatic nitrogens is 3. The molecule has 2 rings (SSSR count). The van der Waals surface area contributed by atoms with Gasteiger partial charge in [-0.05, 0) is 17.9 Å². The van der Waals surface area contributed by atoms with Crippen molar-refractivity contribution in [3.63, 3.8) is 0 Å². The van der Waals surface area contributed by atoms with Crippen molar-refractivity contribution in [1.82, 2.24) is 24.3 Å². The van der Waals surface area contributed by atoms with Crippen molar-refractivity contribution in [2.24, 2.45) is 0 Å². The second-order valence-corrected chi connectivity index (χ2v) is 6.90. The number of carbonyl (C=O) groups excluding carboxylic acids is 2. The zero-order valence-electron chi connectivity index (χ0n) is 15.6. The van der Waals surface area contributed by atoms with Crippen LogP contribution in [0.5, 0.6) is 0 Å². The van der Waals surface area contributed by atoms with Crippen LogP contribution in [0.15, 0.2) is 57.2 Å². The highest BCUT2D eigenvalue weighted by Gasteiger charge is 2.17. The predicted molar refractivity (Wildman–Crippen MR) is 109 cm³/mol. The van der Waals surface area contributed by atoms with Crippen molar-refractivity contribution in [3.05, 3.63) is 79.2 Å². The van der Waals surface area contributed by atoms with E-state index in [1.165, 1.54) is 12.2 Å². The Hall–Kier alpha value is -3.47. The molecule has 2 heterocycles. The highest BCUT2D eigenvalue weighted by atomic mass is 32.1. The molecule has 11 heteroatoms. The van der Waals surface area contributed by atoms with E-state index >= 15 is 0 Å². The minimum atomic E-state index is -0.964. The van der Waals surface area contributed by atoms with Gasteiger partial charge in [0.25, 0.3) is 0 Å². The number of imide groups is 1. The van der Waals surface area contributed by atoms with E-state index in [1.54, 1.807) is 11.3 Å². The summed E-state index contributed by atoms with van der Waals surface area (Å²) in [6.07, 6.45) is 3.24. The van der Waals surface area contributed by atoms with Crippen LogP contribution in [0.25, 0.3) is 0 Å². The zero-order chi connectivity index (χ0) is 21.4. The Kier molecular flexibility index (Phi) is 7.66. The fourth-order valence-corrected chi connectivity index (χ4v) is 3.21. The molecule has 0 saturated heterocycles. The molecule has 0 aliphatic heterocycles. The van der Waals surface area contributed by atoms with Crippen molar-refractivity contribution in [1.29, 1.82) is 0 Å². The largest absolute Gasteiger partial charge is 0.337 e. The maximum atomic E-state index is 12.4. The van der Waals surface area contributed by atoms with E-state index in [0.29, 0.717) is 17.5 Å². The van der Waals surface area contributed by atoms with Gasteiger partial charge in [0, 0.05) is 11.4 Å². The van der Waals surface area contributed by atoms with Gasteiger partial charge in [-0.3, -0.25) is 10.1 Å². The first-order valence-corrected chi connectivity index (χ1v) is 9.53. The lowest BCUT2D eigenvalue weighted by Crippen LogP contribution is -2.56. The number of carbonyl (C=O) groups is 2. The highest BCUT2D eigenvalue weighted by molar-refractivity contribution is 7.09. The summed E-state index contributed by atoms with van der Waals surface area (Å²) in [6, 6.07) is 3.08. The predicted octanol–water partition coefficient (Wildman–Crippen LogP) is -0.326. The molecular formula is C18H21N5O5S. The van der Waals surface area contributed by atoms with E-state index < -0.39 is 35.6 Å². The van der Waals surface area contributed by atoms with E-state index in [0.717, 1.165) is 14.0 Å². The van der Waals surface area contributed by atoms with Gasteiger partial charge in [-0.15, -0.1) is 24.5 Å². The lowest BCUT2D eigenvalue weighted by Gasteiger charge is -2.12. The number of allylic oxidation sites excluding steroid dienone is 2. The number of hydrogen-bond donors (Lipinski definition) is 2. The van der Waals surface area contributed by atoms with Crippen LogP contribution in [-0.2, 0) is 30.8 Å². The molecule has 0 unspecified atom stereocenters. The van der Waals surface area contributed by atoms with Gasteiger partial charge in [-0.25, -0.2) is 32.9 Å². The normalized spacial score (nSPS) is 10.3. The summed E-state index contributed by atoms with van der Waals surface area (Å²) >= 11 is 1.55. The molecule has 0 fully saturated rings. The van der Waals surface area contributed by atoms with Crippen LogP contribution >= 0.6 is 11.3 Å². The second-order valence-electron chi connectivity index (χ2n) is 5.87. The van der Waals surface area contributed by atoms with Gasteiger partial charge in [0.05, 0.1) is 13.1 Å². The quantitative estimate of drug-likeness (QED) is 0.539. The maximum Gasteiger partial charge on any atom is 0.337 e.